The number of aliphatic imine (C=N–C) groups is 1. The molecule has 1 aromatic heterocycles. The van der Waals surface area contributed by atoms with Crippen LogP contribution in [0.1, 0.15) is 29.2 Å². The SMILES string of the molecule is Cc1ccc(N=C2C[C@@H](c3ccco3)[C@@H]3C(=O)N(c4ccc(C)cc4)C(=O)[C@@H]3S2)cc1. The van der Waals surface area contributed by atoms with Gasteiger partial charge in [0.25, 0.3) is 0 Å². The maximum Gasteiger partial charge on any atom is 0.248 e. The Morgan fingerprint density at radius 3 is 2.26 bits per heavy atom. The number of benzene rings is 2. The second-order valence-electron chi connectivity index (χ2n) is 8.08. The standard InChI is InChI=1S/C25H22N2O3S/c1-15-5-9-17(10-6-15)26-21-14-19(20-4-3-13-30-20)22-23(31-21)25(29)27(24(22)28)18-11-7-16(2)8-12-18/h3-13,19,22-23H,14H2,1-2H3/t19-,22-,23+/m0/s1. The second kappa shape index (κ2) is 7.85. The first kappa shape index (κ1) is 19.8. The zero-order valence-corrected chi connectivity index (χ0v) is 18.1. The number of rotatable bonds is 3. The number of carbonyl (C=O) groups excluding carboxylic acids is 2. The van der Waals surface area contributed by atoms with E-state index >= 15 is 0 Å². The van der Waals surface area contributed by atoms with Crippen LogP contribution in [0, 0.1) is 19.8 Å². The lowest BCUT2D eigenvalue weighted by Gasteiger charge is -2.29. The van der Waals surface area contributed by atoms with E-state index < -0.39 is 11.2 Å². The number of thioether (sulfide) groups is 1. The molecule has 2 aromatic carbocycles. The predicted molar refractivity (Wildman–Crippen MR) is 123 cm³/mol. The summed E-state index contributed by atoms with van der Waals surface area (Å²) in [5.41, 5.74) is 3.71. The van der Waals surface area contributed by atoms with E-state index in [9.17, 15) is 9.59 Å². The van der Waals surface area contributed by atoms with Crippen molar-refractivity contribution in [3.8, 4) is 0 Å². The van der Waals surface area contributed by atoms with Gasteiger partial charge in [-0.05, 0) is 50.2 Å². The molecule has 0 saturated carbocycles. The van der Waals surface area contributed by atoms with E-state index in [1.54, 1.807) is 6.26 Å². The molecule has 6 heteroatoms. The molecule has 156 valence electrons. The van der Waals surface area contributed by atoms with Gasteiger partial charge < -0.3 is 4.42 Å². The van der Waals surface area contributed by atoms with Gasteiger partial charge in [0.05, 0.1) is 28.6 Å². The fourth-order valence-corrected chi connectivity index (χ4v) is 5.63. The van der Waals surface area contributed by atoms with Crippen molar-refractivity contribution in [3.05, 3.63) is 83.8 Å². The summed E-state index contributed by atoms with van der Waals surface area (Å²) in [6.45, 7) is 4.01. The lowest BCUT2D eigenvalue weighted by Crippen LogP contribution is -2.33. The number of hydrogen-bond acceptors (Lipinski definition) is 5. The lowest BCUT2D eigenvalue weighted by atomic mass is 9.85. The molecule has 0 spiro atoms. The first-order chi connectivity index (χ1) is 15.0. The van der Waals surface area contributed by atoms with Gasteiger partial charge in [0.1, 0.15) is 11.0 Å². The van der Waals surface area contributed by atoms with Gasteiger partial charge in [-0.1, -0.05) is 47.2 Å². The van der Waals surface area contributed by atoms with Crippen LogP contribution < -0.4 is 4.90 Å². The Labute approximate surface area is 185 Å². The number of imide groups is 1. The third-order valence-corrected chi connectivity index (χ3v) is 7.15. The van der Waals surface area contributed by atoms with E-state index in [4.69, 9.17) is 9.41 Å². The Hall–Kier alpha value is -3.12. The molecule has 0 aliphatic carbocycles. The number of carbonyl (C=O) groups is 2. The van der Waals surface area contributed by atoms with Gasteiger partial charge >= 0.3 is 0 Å². The molecule has 2 saturated heterocycles. The largest absolute Gasteiger partial charge is 0.469 e. The normalized spacial score (nSPS) is 24.6. The number of anilines is 1. The lowest BCUT2D eigenvalue weighted by molar-refractivity contribution is -0.122. The highest BCUT2D eigenvalue weighted by Crippen LogP contribution is 2.49. The van der Waals surface area contributed by atoms with Gasteiger partial charge in [0, 0.05) is 12.3 Å². The van der Waals surface area contributed by atoms with Crippen LogP contribution in [-0.4, -0.2) is 22.1 Å². The van der Waals surface area contributed by atoms with Gasteiger partial charge in [-0.15, -0.1) is 0 Å². The minimum atomic E-state index is -0.512. The molecule has 5 nitrogen and oxygen atoms in total. The third kappa shape index (κ3) is 3.61. The van der Waals surface area contributed by atoms with Gasteiger partial charge in [-0.25, -0.2) is 9.89 Å². The van der Waals surface area contributed by atoms with E-state index in [1.807, 2.05) is 74.5 Å². The smallest absolute Gasteiger partial charge is 0.248 e. The first-order valence-electron chi connectivity index (χ1n) is 10.3. The molecule has 0 radical (unpaired) electrons. The number of furan rings is 1. The zero-order valence-electron chi connectivity index (χ0n) is 17.3. The summed E-state index contributed by atoms with van der Waals surface area (Å²) in [6, 6.07) is 19.2. The minimum Gasteiger partial charge on any atom is -0.469 e. The fraction of sp³-hybridized carbons (Fsp3) is 0.240. The quantitative estimate of drug-likeness (QED) is 0.522. The van der Waals surface area contributed by atoms with Crippen molar-refractivity contribution in [2.24, 2.45) is 10.9 Å². The summed E-state index contributed by atoms with van der Waals surface area (Å²) in [7, 11) is 0. The Morgan fingerprint density at radius 2 is 1.61 bits per heavy atom. The van der Waals surface area contributed by atoms with Gasteiger partial charge in [0.2, 0.25) is 11.8 Å². The fourth-order valence-electron chi connectivity index (χ4n) is 4.25. The highest BCUT2D eigenvalue weighted by Gasteiger charge is 2.55. The number of amides is 2. The molecule has 2 aliphatic heterocycles. The monoisotopic (exact) mass is 430 g/mol. The molecule has 2 amide bonds. The van der Waals surface area contributed by atoms with Crippen LogP contribution in [0.3, 0.4) is 0 Å². The highest BCUT2D eigenvalue weighted by atomic mass is 32.2. The highest BCUT2D eigenvalue weighted by molar-refractivity contribution is 8.15. The molecule has 3 heterocycles. The van der Waals surface area contributed by atoms with Crippen LogP contribution in [0.2, 0.25) is 0 Å². The molecule has 0 N–H and O–H groups in total. The van der Waals surface area contributed by atoms with E-state index in [1.165, 1.54) is 22.2 Å². The van der Waals surface area contributed by atoms with Crippen molar-refractivity contribution < 1.29 is 14.0 Å². The molecule has 2 fully saturated rings. The van der Waals surface area contributed by atoms with Gasteiger partial charge in [0.15, 0.2) is 0 Å². The maximum absolute atomic E-state index is 13.5. The molecular weight excluding hydrogens is 408 g/mol. The van der Waals surface area contributed by atoms with Crippen molar-refractivity contribution >= 4 is 40.0 Å². The van der Waals surface area contributed by atoms with Crippen molar-refractivity contribution in [2.45, 2.75) is 31.4 Å². The topological polar surface area (TPSA) is 62.9 Å². The van der Waals surface area contributed by atoms with Crippen LogP contribution in [-0.2, 0) is 9.59 Å². The molecule has 0 unspecified atom stereocenters. The Bertz CT molecular complexity index is 1150. The van der Waals surface area contributed by atoms with Crippen LogP contribution in [0.5, 0.6) is 0 Å². The summed E-state index contributed by atoms with van der Waals surface area (Å²) < 4.78 is 5.69. The number of fused-ring (bicyclic) bond motifs is 1. The average molecular weight is 431 g/mol. The van der Waals surface area contributed by atoms with Gasteiger partial charge in [-0.3, -0.25) is 9.59 Å². The van der Waals surface area contributed by atoms with Crippen molar-refractivity contribution in [2.75, 3.05) is 4.90 Å². The number of nitrogens with zero attached hydrogens (tertiary/aromatic N) is 2. The summed E-state index contributed by atoms with van der Waals surface area (Å²) in [6.07, 6.45) is 2.18. The predicted octanol–water partition coefficient (Wildman–Crippen LogP) is 5.41. The Morgan fingerprint density at radius 1 is 0.935 bits per heavy atom. The number of hydrogen-bond donors (Lipinski definition) is 0. The van der Waals surface area contributed by atoms with E-state index in [0.29, 0.717) is 12.1 Å². The van der Waals surface area contributed by atoms with E-state index in [0.717, 1.165) is 22.1 Å². The van der Waals surface area contributed by atoms with Crippen molar-refractivity contribution in [1.82, 2.24) is 0 Å². The van der Waals surface area contributed by atoms with Crippen LogP contribution >= 0.6 is 11.8 Å². The third-order valence-electron chi connectivity index (χ3n) is 5.88. The van der Waals surface area contributed by atoms with E-state index in [2.05, 4.69) is 0 Å². The summed E-state index contributed by atoms with van der Waals surface area (Å²) in [5.74, 6) is -0.322. The molecule has 0 bridgehead atoms. The molecular formula is C25H22N2O3S. The molecule has 2 aliphatic rings. The molecule has 3 aromatic rings. The Kier molecular flexibility index (Phi) is 5.02. The van der Waals surface area contributed by atoms with Crippen molar-refractivity contribution in [3.63, 3.8) is 0 Å². The van der Waals surface area contributed by atoms with Crippen LogP contribution in [0.4, 0.5) is 11.4 Å². The molecule has 31 heavy (non-hydrogen) atoms. The molecule has 5 rings (SSSR count). The van der Waals surface area contributed by atoms with Crippen LogP contribution in [0.15, 0.2) is 76.3 Å². The number of aryl methyl sites for hydroxylation is 2. The molecule has 3 atom stereocenters. The van der Waals surface area contributed by atoms with E-state index in [-0.39, 0.29) is 17.7 Å². The van der Waals surface area contributed by atoms with Crippen molar-refractivity contribution in [1.29, 1.82) is 0 Å². The Balaban J connectivity index is 1.53. The zero-order chi connectivity index (χ0) is 21.5. The summed E-state index contributed by atoms with van der Waals surface area (Å²) in [5, 5.41) is 0.334. The maximum atomic E-state index is 13.5. The minimum absolute atomic E-state index is 0.165. The second-order valence-corrected chi connectivity index (χ2v) is 9.29. The van der Waals surface area contributed by atoms with Crippen LogP contribution in [0.25, 0.3) is 0 Å². The summed E-state index contributed by atoms with van der Waals surface area (Å²) in [4.78, 5) is 33.0. The first-order valence-corrected chi connectivity index (χ1v) is 11.2. The summed E-state index contributed by atoms with van der Waals surface area (Å²) >= 11 is 1.41. The van der Waals surface area contributed by atoms with Gasteiger partial charge in [-0.2, -0.15) is 0 Å². The average Bonchev–Trinajstić information content (AvgIpc) is 3.38.